The minimum absolute atomic E-state index is 0.146. The number of rotatable bonds is 4. The SMILES string of the molecule is CC(=O)CCSc1n[nH]c(=O)n1C. The van der Waals surface area contributed by atoms with Gasteiger partial charge in [0.15, 0.2) is 5.16 Å². The molecular formula is C7H11N3O2S. The van der Waals surface area contributed by atoms with Gasteiger partial charge in [0.1, 0.15) is 5.78 Å². The monoisotopic (exact) mass is 201 g/mol. The maximum atomic E-state index is 10.9. The van der Waals surface area contributed by atoms with Crippen LogP contribution in [0.15, 0.2) is 9.95 Å². The number of aromatic nitrogens is 3. The smallest absolute Gasteiger partial charge is 0.300 e. The van der Waals surface area contributed by atoms with Gasteiger partial charge in [-0.3, -0.25) is 9.36 Å². The lowest BCUT2D eigenvalue weighted by Gasteiger charge is -1.96. The van der Waals surface area contributed by atoms with Crippen molar-refractivity contribution < 1.29 is 4.79 Å². The summed E-state index contributed by atoms with van der Waals surface area (Å²) in [6.07, 6.45) is 0.506. The number of hydrogen-bond acceptors (Lipinski definition) is 4. The van der Waals surface area contributed by atoms with Gasteiger partial charge in [-0.25, -0.2) is 9.89 Å². The molecule has 0 saturated heterocycles. The molecule has 13 heavy (non-hydrogen) atoms. The predicted octanol–water partition coefficient (Wildman–Crippen LogP) is 0.180. The summed E-state index contributed by atoms with van der Waals surface area (Å²) in [5.41, 5.74) is -0.231. The standard InChI is InChI=1S/C7H11N3O2S/c1-5(11)3-4-13-7-9-8-6(12)10(7)2/h3-4H2,1-2H3,(H,8,12). The summed E-state index contributed by atoms with van der Waals surface area (Å²) in [6.45, 7) is 1.55. The van der Waals surface area contributed by atoms with Crippen LogP contribution in [0.25, 0.3) is 0 Å². The third kappa shape index (κ3) is 2.73. The number of carbonyl (C=O) groups excluding carboxylic acids is 1. The molecule has 0 aliphatic rings. The molecule has 0 unspecified atom stereocenters. The first-order chi connectivity index (χ1) is 6.11. The fraction of sp³-hybridized carbons (Fsp3) is 0.571. The molecule has 0 aliphatic carbocycles. The van der Waals surface area contributed by atoms with E-state index in [0.717, 1.165) is 0 Å². The average Bonchev–Trinajstić information content (AvgIpc) is 2.35. The van der Waals surface area contributed by atoms with Gasteiger partial charge in [-0.1, -0.05) is 11.8 Å². The van der Waals surface area contributed by atoms with E-state index in [9.17, 15) is 9.59 Å². The molecule has 0 radical (unpaired) electrons. The number of nitrogens with one attached hydrogen (secondary N) is 1. The second-order valence-electron chi connectivity index (χ2n) is 2.67. The summed E-state index contributed by atoms with van der Waals surface area (Å²) < 4.78 is 1.42. The molecule has 0 atom stereocenters. The highest BCUT2D eigenvalue weighted by Crippen LogP contribution is 2.12. The lowest BCUT2D eigenvalue weighted by atomic mass is 10.4. The van der Waals surface area contributed by atoms with Crippen LogP contribution in [-0.2, 0) is 11.8 Å². The first kappa shape index (κ1) is 10.0. The number of carbonyl (C=O) groups is 1. The lowest BCUT2D eigenvalue weighted by molar-refractivity contribution is -0.116. The van der Waals surface area contributed by atoms with Crippen molar-refractivity contribution in [2.45, 2.75) is 18.5 Å². The normalized spacial score (nSPS) is 10.3. The molecular weight excluding hydrogens is 190 g/mol. The molecule has 0 amide bonds. The van der Waals surface area contributed by atoms with Crippen molar-refractivity contribution in [1.82, 2.24) is 14.8 Å². The van der Waals surface area contributed by atoms with Gasteiger partial charge in [0.2, 0.25) is 0 Å². The first-order valence-electron chi connectivity index (χ1n) is 3.85. The Kier molecular flexibility index (Phi) is 3.30. The van der Waals surface area contributed by atoms with Crippen LogP contribution in [-0.4, -0.2) is 26.3 Å². The van der Waals surface area contributed by atoms with Gasteiger partial charge in [-0.05, 0) is 6.92 Å². The zero-order chi connectivity index (χ0) is 9.84. The molecule has 0 bridgehead atoms. The fourth-order valence-corrected chi connectivity index (χ4v) is 1.71. The van der Waals surface area contributed by atoms with E-state index in [4.69, 9.17) is 0 Å². The van der Waals surface area contributed by atoms with Crippen LogP contribution in [0.4, 0.5) is 0 Å². The molecule has 5 nitrogen and oxygen atoms in total. The van der Waals surface area contributed by atoms with Gasteiger partial charge >= 0.3 is 5.69 Å². The maximum absolute atomic E-state index is 10.9. The molecule has 6 heteroatoms. The largest absolute Gasteiger partial charge is 0.343 e. The zero-order valence-electron chi connectivity index (χ0n) is 7.53. The van der Waals surface area contributed by atoms with E-state index < -0.39 is 0 Å². The lowest BCUT2D eigenvalue weighted by Crippen LogP contribution is -2.13. The Morgan fingerprint density at radius 3 is 2.85 bits per heavy atom. The summed E-state index contributed by atoms with van der Waals surface area (Å²) in [5, 5.41) is 6.73. The van der Waals surface area contributed by atoms with E-state index >= 15 is 0 Å². The topological polar surface area (TPSA) is 67.8 Å². The molecule has 0 spiro atoms. The van der Waals surface area contributed by atoms with Gasteiger partial charge in [0.25, 0.3) is 0 Å². The van der Waals surface area contributed by atoms with Gasteiger partial charge in [-0.2, -0.15) is 0 Å². The van der Waals surface area contributed by atoms with Crippen molar-refractivity contribution >= 4 is 17.5 Å². The summed E-state index contributed by atoms with van der Waals surface area (Å²) in [7, 11) is 1.64. The number of ketones is 1. The summed E-state index contributed by atoms with van der Waals surface area (Å²) in [4.78, 5) is 21.5. The van der Waals surface area contributed by atoms with Crippen LogP contribution in [0.5, 0.6) is 0 Å². The average molecular weight is 201 g/mol. The van der Waals surface area contributed by atoms with Crippen molar-refractivity contribution in [1.29, 1.82) is 0 Å². The van der Waals surface area contributed by atoms with Gasteiger partial charge in [-0.15, -0.1) is 5.10 Å². The molecule has 1 heterocycles. The molecule has 1 N–H and O–H groups in total. The molecule has 1 aromatic rings. The Morgan fingerprint density at radius 2 is 2.38 bits per heavy atom. The molecule has 1 aromatic heterocycles. The van der Waals surface area contributed by atoms with Gasteiger partial charge in [0, 0.05) is 19.2 Å². The molecule has 72 valence electrons. The first-order valence-corrected chi connectivity index (χ1v) is 4.83. The van der Waals surface area contributed by atoms with Crippen molar-refractivity contribution in [2.24, 2.45) is 7.05 Å². The summed E-state index contributed by atoms with van der Waals surface area (Å²) >= 11 is 1.40. The predicted molar refractivity (Wildman–Crippen MR) is 49.9 cm³/mol. The van der Waals surface area contributed by atoms with Crippen molar-refractivity contribution in [3.8, 4) is 0 Å². The maximum Gasteiger partial charge on any atom is 0.343 e. The highest BCUT2D eigenvalue weighted by atomic mass is 32.2. The minimum Gasteiger partial charge on any atom is -0.300 e. The van der Waals surface area contributed by atoms with Crippen LogP contribution in [0.3, 0.4) is 0 Å². The van der Waals surface area contributed by atoms with Crippen molar-refractivity contribution in [2.75, 3.05) is 5.75 Å². The van der Waals surface area contributed by atoms with Gasteiger partial charge in [0.05, 0.1) is 0 Å². The van der Waals surface area contributed by atoms with Gasteiger partial charge < -0.3 is 0 Å². The van der Waals surface area contributed by atoms with E-state index in [-0.39, 0.29) is 11.5 Å². The van der Waals surface area contributed by atoms with Crippen LogP contribution < -0.4 is 5.69 Å². The number of hydrogen-bond donors (Lipinski definition) is 1. The zero-order valence-corrected chi connectivity index (χ0v) is 8.35. The van der Waals surface area contributed by atoms with E-state index in [0.29, 0.717) is 17.3 Å². The van der Waals surface area contributed by atoms with Crippen LogP contribution in [0, 0.1) is 0 Å². The Bertz CT molecular complexity index is 355. The molecule has 1 rings (SSSR count). The van der Waals surface area contributed by atoms with Crippen molar-refractivity contribution in [3.63, 3.8) is 0 Å². The Labute approximate surface area is 79.5 Å². The number of H-pyrrole nitrogens is 1. The third-order valence-electron chi connectivity index (χ3n) is 1.52. The van der Waals surface area contributed by atoms with Crippen LogP contribution in [0.1, 0.15) is 13.3 Å². The second-order valence-corrected chi connectivity index (χ2v) is 3.73. The van der Waals surface area contributed by atoms with Crippen LogP contribution >= 0.6 is 11.8 Å². The minimum atomic E-state index is -0.231. The highest BCUT2D eigenvalue weighted by molar-refractivity contribution is 7.99. The highest BCUT2D eigenvalue weighted by Gasteiger charge is 2.04. The summed E-state index contributed by atoms with van der Waals surface area (Å²) in [5.74, 6) is 0.807. The Morgan fingerprint density at radius 1 is 1.69 bits per heavy atom. The Balaban J connectivity index is 2.50. The fourth-order valence-electron chi connectivity index (χ4n) is 0.748. The Hall–Kier alpha value is -1.04. The van der Waals surface area contributed by atoms with E-state index in [1.807, 2.05) is 0 Å². The molecule has 0 fully saturated rings. The van der Waals surface area contributed by atoms with Crippen LogP contribution in [0.2, 0.25) is 0 Å². The molecule has 0 saturated carbocycles. The second kappa shape index (κ2) is 4.27. The number of thioether (sulfide) groups is 1. The number of nitrogens with zero attached hydrogens (tertiary/aromatic N) is 2. The summed E-state index contributed by atoms with van der Waals surface area (Å²) in [6, 6.07) is 0. The van der Waals surface area contributed by atoms with E-state index in [1.165, 1.54) is 16.3 Å². The number of aromatic amines is 1. The molecule has 0 aliphatic heterocycles. The van der Waals surface area contributed by atoms with Crippen molar-refractivity contribution in [3.05, 3.63) is 10.5 Å². The quantitative estimate of drug-likeness (QED) is 0.706. The third-order valence-corrected chi connectivity index (χ3v) is 2.56. The van der Waals surface area contributed by atoms with E-state index in [2.05, 4.69) is 10.2 Å². The van der Waals surface area contributed by atoms with E-state index in [1.54, 1.807) is 14.0 Å². The number of Topliss-reactive ketones (excluding diaryl/α,β-unsaturated/α-hetero) is 1. The molecule has 0 aromatic carbocycles.